The van der Waals surface area contributed by atoms with Crippen molar-refractivity contribution in [1.29, 1.82) is 0 Å². The van der Waals surface area contributed by atoms with Gasteiger partial charge in [-0.15, -0.1) is 13.2 Å². The summed E-state index contributed by atoms with van der Waals surface area (Å²) in [6, 6.07) is 0.122. The Morgan fingerprint density at radius 2 is 1.83 bits per heavy atom. The van der Waals surface area contributed by atoms with E-state index in [9.17, 15) is 31.1 Å². The van der Waals surface area contributed by atoms with Gasteiger partial charge in [0.25, 0.3) is 0 Å². The third-order valence-corrected chi connectivity index (χ3v) is 2.48. The van der Waals surface area contributed by atoms with Gasteiger partial charge in [-0.25, -0.2) is 0 Å². The van der Waals surface area contributed by atoms with Crippen LogP contribution >= 0.6 is 0 Å². The molecule has 0 atom stereocenters. The molecule has 0 unspecified atom stereocenters. The van der Waals surface area contributed by atoms with E-state index in [0.717, 1.165) is 0 Å². The van der Waals surface area contributed by atoms with Crippen molar-refractivity contribution in [3.8, 4) is 5.75 Å². The number of nitrogens with zero attached hydrogens (tertiary/aromatic N) is 1. The van der Waals surface area contributed by atoms with Gasteiger partial charge in [0.2, 0.25) is 0 Å². The first-order valence-corrected chi connectivity index (χ1v) is 6.19. The molecule has 130 valence electrons. The maximum absolute atomic E-state index is 13.0. The number of hydrogen-bond acceptors (Lipinski definition) is 5. The van der Waals surface area contributed by atoms with Gasteiger partial charge in [-0.2, -0.15) is 13.2 Å². The molecule has 0 saturated carbocycles. The number of ether oxygens (including phenoxy) is 2. The predicted octanol–water partition coefficient (Wildman–Crippen LogP) is 2.56. The first-order chi connectivity index (χ1) is 10.5. The van der Waals surface area contributed by atoms with E-state index in [-0.39, 0.29) is 12.7 Å². The standard InChI is InChI=1S/C12H12F6N2O3/c1-2-22-10(21)4-7-6(11(13,14)15)3-9(8(5-19)20-7)23-12(16,17)18/h3H,2,4-5,19H2,1H3. The summed E-state index contributed by atoms with van der Waals surface area (Å²) in [5, 5.41) is 0. The molecule has 0 fully saturated rings. The monoisotopic (exact) mass is 346 g/mol. The number of carbonyl (C=O) groups excluding carboxylic acids is 1. The largest absolute Gasteiger partial charge is 0.573 e. The van der Waals surface area contributed by atoms with Crippen LogP contribution in [0.1, 0.15) is 23.9 Å². The van der Waals surface area contributed by atoms with Gasteiger partial charge in [-0.1, -0.05) is 0 Å². The van der Waals surface area contributed by atoms with Crippen molar-refractivity contribution in [1.82, 2.24) is 4.98 Å². The molecular formula is C12H12F6N2O3. The minimum Gasteiger partial charge on any atom is -0.466 e. The topological polar surface area (TPSA) is 74.4 Å². The fraction of sp³-hybridized carbons (Fsp3) is 0.500. The van der Waals surface area contributed by atoms with Gasteiger partial charge in [0.15, 0.2) is 5.75 Å². The van der Waals surface area contributed by atoms with E-state index in [1.54, 1.807) is 0 Å². The molecule has 0 aliphatic rings. The van der Waals surface area contributed by atoms with Gasteiger partial charge in [-0.3, -0.25) is 9.78 Å². The van der Waals surface area contributed by atoms with Gasteiger partial charge >= 0.3 is 18.5 Å². The average Bonchev–Trinajstić information content (AvgIpc) is 2.37. The number of hydrogen-bond donors (Lipinski definition) is 1. The van der Waals surface area contributed by atoms with Gasteiger partial charge < -0.3 is 15.2 Å². The van der Waals surface area contributed by atoms with E-state index in [0.29, 0.717) is 0 Å². The molecule has 0 saturated heterocycles. The number of rotatable bonds is 5. The molecule has 1 heterocycles. The van der Waals surface area contributed by atoms with Crippen LogP contribution in [0, 0.1) is 0 Å². The molecule has 0 radical (unpaired) electrons. The van der Waals surface area contributed by atoms with E-state index >= 15 is 0 Å². The fourth-order valence-corrected chi connectivity index (χ4v) is 1.66. The zero-order valence-electron chi connectivity index (χ0n) is 11.7. The second-order valence-corrected chi connectivity index (χ2v) is 4.16. The van der Waals surface area contributed by atoms with Crippen LogP contribution in [0.2, 0.25) is 0 Å². The first kappa shape index (κ1) is 19.0. The van der Waals surface area contributed by atoms with Crippen LogP contribution in [-0.2, 0) is 28.7 Å². The average molecular weight is 346 g/mol. The summed E-state index contributed by atoms with van der Waals surface area (Å²) in [5.41, 5.74) is 2.31. The van der Waals surface area contributed by atoms with E-state index in [4.69, 9.17) is 5.73 Å². The number of aromatic nitrogens is 1. The molecule has 0 aromatic carbocycles. The van der Waals surface area contributed by atoms with Crippen molar-refractivity contribution in [3.05, 3.63) is 23.0 Å². The highest BCUT2D eigenvalue weighted by Crippen LogP contribution is 2.36. The summed E-state index contributed by atoms with van der Waals surface area (Å²) >= 11 is 0. The number of halogens is 6. The van der Waals surface area contributed by atoms with Gasteiger partial charge in [0, 0.05) is 6.54 Å². The molecule has 5 nitrogen and oxygen atoms in total. The Kier molecular flexibility index (Phi) is 5.81. The van der Waals surface area contributed by atoms with E-state index in [1.165, 1.54) is 6.92 Å². The Hall–Kier alpha value is -2.04. The molecule has 23 heavy (non-hydrogen) atoms. The highest BCUT2D eigenvalue weighted by atomic mass is 19.4. The summed E-state index contributed by atoms with van der Waals surface area (Å²) in [4.78, 5) is 14.7. The number of pyridine rings is 1. The quantitative estimate of drug-likeness (QED) is 0.655. The summed E-state index contributed by atoms with van der Waals surface area (Å²) < 4.78 is 83.7. The second-order valence-electron chi connectivity index (χ2n) is 4.16. The summed E-state index contributed by atoms with van der Waals surface area (Å²) in [5.74, 6) is -2.17. The van der Waals surface area contributed by atoms with E-state index in [1.807, 2.05) is 0 Å². The van der Waals surface area contributed by atoms with Gasteiger partial charge in [-0.05, 0) is 13.0 Å². The van der Waals surface area contributed by atoms with Crippen molar-refractivity contribution >= 4 is 5.97 Å². The highest BCUT2D eigenvalue weighted by molar-refractivity contribution is 5.72. The minimum atomic E-state index is -5.21. The smallest absolute Gasteiger partial charge is 0.466 e. The van der Waals surface area contributed by atoms with E-state index < -0.39 is 54.2 Å². The normalized spacial score (nSPS) is 12.2. The van der Waals surface area contributed by atoms with Crippen LogP contribution in [0.3, 0.4) is 0 Å². The Bertz CT molecular complexity index is 571. The lowest BCUT2D eigenvalue weighted by atomic mass is 10.1. The molecule has 0 aliphatic heterocycles. The molecule has 0 spiro atoms. The SMILES string of the molecule is CCOC(=O)Cc1nc(CN)c(OC(F)(F)F)cc1C(F)(F)F. The van der Waals surface area contributed by atoms with Crippen molar-refractivity contribution in [2.24, 2.45) is 5.73 Å². The van der Waals surface area contributed by atoms with Gasteiger partial charge in [0.1, 0.15) is 0 Å². The molecule has 11 heteroatoms. The summed E-state index contributed by atoms with van der Waals surface area (Å²) in [6.07, 6.45) is -11.1. The zero-order chi connectivity index (χ0) is 17.8. The van der Waals surface area contributed by atoms with Crippen molar-refractivity contribution in [3.63, 3.8) is 0 Å². The number of esters is 1. The number of nitrogens with two attached hydrogens (primary N) is 1. The maximum Gasteiger partial charge on any atom is 0.573 e. The van der Waals surface area contributed by atoms with Crippen molar-refractivity contribution in [2.75, 3.05) is 6.61 Å². The minimum absolute atomic E-state index is 0.0702. The maximum atomic E-state index is 13.0. The highest BCUT2D eigenvalue weighted by Gasteiger charge is 2.38. The molecule has 0 bridgehead atoms. The predicted molar refractivity (Wildman–Crippen MR) is 64.2 cm³/mol. The van der Waals surface area contributed by atoms with Crippen molar-refractivity contribution < 1.29 is 40.6 Å². The Balaban J connectivity index is 3.36. The lowest BCUT2D eigenvalue weighted by Gasteiger charge is -2.17. The summed E-state index contributed by atoms with van der Waals surface area (Å²) in [6.45, 7) is 0.764. The lowest BCUT2D eigenvalue weighted by Crippen LogP contribution is -2.22. The van der Waals surface area contributed by atoms with Crippen molar-refractivity contribution in [2.45, 2.75) is 32.4 Å². The Labute approximate surface area is 126 Å². The van der Waals surface area contributed by atoms with Crippen LogP contribution < -0.4 is 10.5 Å². The molecule has 0 aliphatic carbocycles. The third-order valence-electron chi connectivity index (χ3n) is 2.48. The molecule has 1 rings (SSSR count). The van der Waals surface area contributed by atoms with Crippen LogP contribution in [0.15, 0.2) is 6.07 Å². The zero-order valence-corrected chi connectivity index (χ0v) is 11.7. The first-order valence-electron chi connectivity index (χ1n) is 6.19. The molecule has 1 aromatic heterocycles. The molecule has 0 amide bonds. The molecular weight excluding hydrogens is 334 g/mol. The van der Waals surface area contributed by atoms with Crippen LogP contribution in [0.5, 0.6) is 5.75 Å². The van der Waals surface area contributed by atoms with Crippen LogP contribution in [0.4, 0.5) is 26.3 Å². The Morgan fingerprint density at radius 3 is 2.26 bits per heavy atom. The van der Waals surface area contributed by atoms with Gasteiger partial charge in [0.05, 0.1) is 30.0 Å². The lowest BCUT2D eigenvalue weighted by molar-refractivity contribution is -0.275. The second kappa shape index (κ2) is 7.02. The number of carbonyl (C=O) groups is 1. The number of alkyl halides is 6. The fourth-order valence-electron chi connectivity index (χ4n) is 1.66. The van der Waals surface area contributed by atoms with Crippen LogP contribution in [-0.4, -0.2) is 23.9 Å². The van der Waals surface area contributed by atoms with Crippen LogP contribution in [0.25, 0.3) is 0 Å². The molecule has 1 aromatic rings. The molecule has 2 N–H and O–H groups in total. The van der Waals surface area contributed by atoms with E-state index in [2.05, 4.69) is 14.5 Å². The summed E-state index contributed by atoms with van der Waals surface area (Å²) in [7, 11) is 0. The Morgan fingerprint density at radius 1 is 1.22 bits per heavy atom. The third kappa shape index (κ3) is 5.58.